The van der Waals surface area contributed by atoms with Crippen molar-refractivity contribution < 1.29 is 9.84 Å². The summed E-state index contributed by atoms with van der Waals surface area (Å²) in [6.45, 7) is 3.95. The van der Waals surface area contributed by atoms with Crippen LogP contribution in [-0.2, 0) is 4.74 Å². The molecule has 1 aliphatic carbocycles. The van der Waals surface area contributed by atoms with Gasteiger partial charge in [-0.15, -0.1) is 0 Å². The second-order valence-electron chi connectivity index (χ2n) is 4.66. The molecule has 1 saturated carbocycles. The standard InChI is InChI=1S/C10H21NO2/c1-10(2,12)7-13-9-5-3-8(11)4-6-9/h8-9,12H,3-7,11H2,1-2H3/t8-,9+. The van der Waals surface area contributed by atoms with E-state index in [4.69, 9.17) is 10.5 Å². The second kappa shape index (κ2) is 4.40. The van der Waals surface area contributed by atoms with Gasteiger partial charge in [0.15, 0.2) is 0 Å². The van der Waals surface area contributed by atoms with Gasteiger partial charge < -0.3 is 15.6 Å². The molecule has 0 heterocycles. The fourth-order valence-electron chi connectivity index (χ4n) is 1.58. The molecule has 0 aromatic heterocycles. The third-order valence-electron chi connectivity index (χ3n) is 2.39. The van der Waals surface area contributed by atoms with Gasteiger partial charge in [-0.05, 0) is 39.5 Å². The monoisotopic (exact) mass is 187 g/mol. The fourth-order valence-corrected chi connectivity index (χ4v) is 1.58. The van der Waals surface area contributed by atoms with E-state index in [0.29, 0.717) is 18.8 Å². The SMILES string of the molecule is CC(C)(O)CO[C@H]1CC[C@@H](N)CC1. The number of rotatable bonds is 3. The third kappa shape index (κ3) is 4.60. The molecule has 1 rings (SSSR count). The molecule has 78 valence electrons. The van der Waals surface area contributed by atoms with E-state index in [2.05, 4.69) is 0 Å². The lowest BCUT2D eigenvalue weighted by molar-refractivity contribution is -0.0634. The van der Waals surface area contributed by atoms with E-state index >= 15 is 0 Å². The van der Waals surface area contributed by atoms with Crippen LogP contribution in [-0.4, -0.2) is 29.5 Å². The lowest BCUT2D eigenvalue weighted by atomic mass is 9.93. The van der Waals surface area contributed by atoms with Crippen molar-refractivity contribution in [2.45, 2.75) is 57.3 Å². The normalized spacial score (nSPS) is 30.5. The first-order chi connectivity index (χ1) is 5.97. The van der Waals surface area contributed by atoms with Gasteiger partial charge in [-0.3, -0.25) is 0 Å². The highest BCUT2D eigenvalue weighted by Gasteiger charge is 2.21. The van der Waals surface area contributed by atoms with Gasteiger partial charge in [0.1, 0.15) is 0 Å². The molecule has 1 aliphatic rings. The molecule has 3 heteroatoms. The van der Waals surface area contributed by atoms with Crippen LogP contribution in [0.1, 0.15) is 39.5 Å². The van der Waals surface area contributed by atoms with Crippen molar-refractivity contribution in [1.82, 2.24) is 0 Å². The quantitative estimate of drug-likeness (QED) is 0.694. The predicted molar refractivity (Wildman–Crippen MR) is 52.5 cm³/mol. The van der Waals surface area contributed by atoms with Crippen LogP contribution in [0.2, 0.25) is 0 Å². The molecule has 3 nitrogen and oxygen atoms in total. The zero-order chi connectivity index (χ0) is 9.90. The Bertz CT molecular complexity index is 145. The van der Waals surface area contributed by atoms with Crippen LogP contribution in [0.3, 0.4) is 0 Å². The average molecular weight is 187 g/mol. The number of hydrogen-bond acceptors (Lipinski definition) is 3. The van der Waals surface area contributed by atoms with Crippen molar-refractivity contribution in [3.05, 3.63) is 0 Å². The van der Waals surface area contributed by atoms with E-state index in [1.54, 1.807) is 13.8 Å². The maximum atomic E-state index is 9.45. The lowest BCUT2D eigenvalue weighted by Crippen LogP contribution is -2.34. The first-order valence-electron chi connectivity index (χ1n) is 5.07. The van der Waals surface area contributed by atoms with E-state index in [1.807, 2.05) is 0 Å². The molecule has 1 fully saturated rings. The number of hydrogen-bond donors (Lipinski definition) is 2. The summed E-state index contributed by atoms with van der Waals surface area (Å²) in [5.74, 6) is 0. The molecular formula is C10H21NO2. The molecule has 0 unspecified atom stereocenters. The Labute approximate surface area is 80.3 Å². The maximum absolute atomic E-state index is 9.45. The Kier molecular flexibility index (Phi) is 3.71. The van der Waals surface area contributed by atoms with E-state index in [1.165, 1.54) is 0 Å². The van der Waals surface area contributed by atoms with Gasteiger partial charge in [0.2, 0.25) is 0 Å². The molecule has 0 bridgehead atoms. The smallest absolute Gasteiger partial charge is 0.0824 e. The van der Waals surface area contributed by atoms with Gasteiger partial charge in [-0.25, -0.2) is 0 Å². The van der Waals surface area contributed by atoms with Crippen LogP contribution in [0.25, 0.3) is 0 Å². The minimum atomic E-state index is -0.709. The van der Waals surface area contributed by atoms with Gasteiger partial charge in [-0.1, -0.05) is 0 Å². The molecular weight excluding hydrogens is 166 g/mol. The molecule has 0 amide bonds. The Morgan fingerprint density at radius 3 is 2.31 bits per heavy atom. The van der Waals surface area contributed by atoms with Crippen molar-refractivity contribution in [2.75, 3.05) is 6.61 Å². The minimum absolute atomic E-state index is 0.311. The highest BCUT2D eigenvalue weighted by atomic mass is 16.5. The Balaban J connectivity index is 2.16. The molecule has 0 spiro atoms. The first-order valence-corrected chi connectivity index (χ1v) is 5.07. The van der Waals surface area contributed by atoms with E-state index < -0.39 is 5.60 Å². The van der Waals surface area contributed by atoms with Crippen molar-refractivity contribution in [3.8, 4) is 0 Å². The van der Waals surface area contributed by atoms with Crippen LogP contribution in [0.4, 0.5) is 0 Å². The summed E-state index contributed by atoms with van der Waals surface area (Å²) in [5, 5.41) is 9.45. The topological polar surface area (TPSA) is 55.5 Å². The molecule has 0 atom stereocenters. The van der Waals surface area contributed by atoms with Gasteiger partial charge in [0.05, 0.1) is 18.3 Å². The van der Waals surface area contributed by atoms with Gasteiger partial charge in [-0.2, -0.15) is 0 Å². The van der Waals surface area contributed by atoms with E-state index in [9.17, 15) is 5.11 Å². The zero-order valence-electron chi connectivity index (χ0n) is 8.62. The summed E-state index contributed by atoms with van der Waals surface area (Å²) in [4.78, 5) is 0. The predicted octanol–water partition coefficient (Wildman–Crippen LogP) is 1.04. The summed E-state index contributed by atoms with van der Waals surface area (Å²) in [6.07, 6.45) is 4.49. The van der Waals surface area contributed by atoms with Crippen LogP contribution in [0.15, 0.2) is 0 Å². The third-order valence-corrected chi connectivity index (χ3v) is 2.39. The fraction of sp³-hybridized carbons (Fsp3) is 1.00. The van der Waals surface area contributed by atoms with Crippen molar-refractivity contribution in [3.63, 3.8) is 0 Å². The van der Waals surface area contributed by atoms with Gasteiger partial charge >= 0.3 is 0 Å². The highest BCUT2D eigenvalue weighted by Crippen LogP contribution is 2.20. The molecule has 3 N–H and O–H groups in total. The minimum Gasteiger partial charge on any atom is -0.388 e. The van der Waals surface area contributed by atoms with Crippen LogP contribution < -0.4 is 5.73 Å². The molecule has 13 heavy (non-hydrogen) atoms. The van der Waals surface area contributed by atoms with Gasteiger partial charge in [0.25, 0.3) is 0 Å². The Morgan fingerprint density at radius 2 is 1.85 bits per heavy atom. The number of ether oxygens (including phenoxy) is 1. The largest absolute Gasteiger partial charge is 0.388 e. The summed E-state index contributed by atoms with van der Waals surface area (Å²) < 4.78 is 5.59. The maximum Gasteiger partial charge on any atom is 0.0824 e. The molecule has 0 saturated heterocycles. The Morgan fingerprint density at radius 1 is 1.31 bits per heavy atom. The summed E-state index contributed by atoms with van der Waals surface area (Å²) in [6, 6.07) is 0.363. The molecule has 0 radical (unpaired) electrons. The van der Waals surface area contributed by atoms with E-state index in [0.717, 1.165) is 25.7 Å². The average Bonchev–Trinajstić information content (AvgIpc) is 2.02. The number of aliphatic hydroxyl groups is 1. The zero-order valence-corrected chi connectivity index (χ0v) is 8.62. The van der Waals surface area contributed by atoms with Crippen molar-refractivity contribution >= 4 is 0 Å². The lowest BCUT2D eigenvalue weighted by Gasteiger charge is -2.28. The second-order valence-corrected chi connectivity index (χ2v) is 4.66. The summed E-state index contributed by atoms with van der Waals surface area (Å²) in [7, 11) is 0. The Hall–Kier alpha value is -0.120. The van der Waals surface area contributed by atoms with Crippen LogP contribution in [0.5, 0.6) is 0 Å². The summed E-state index contributed by atoms with van der Waals surface area (Å²) >= 11 is 0. The molecule has 0 aromatic rings. The molecule has 0 aliphatic heterocycles. The summed E-state index contributed by atoms with van der Waals surface area (Å²) in [5.41, 5.74) is 5.07. The van der Waals surface area contributed by atoms with Crippen molar-refractivity contribution in [2.24, 2.45) is 5.73 Å². The highest BCUT2D eigenvalue weighted by molar-refractivity contribution is 4.75. The molecule has 0 aromatic carbocycles. The van der Waals surface area contributed by atoms with Crippen LogP contribution >= 0.6 is 0 Å². The first kappa shape index (κ1) is 11.0. The number of nitrogens with two attached hydrogens (primary N) is 1. The van der Waals surface area contributed by atoms with Crippen LogP contribution in [0, 0.1) is 0 Å². The van der Waals surface area contributed by atoms with E-state index in [-0.39, 0.29) is 0 Å². The van der Waals surface area contributed by atoms with Gasteiger partial charge in [0, 0.05) is 6.04 Å². The van der Waals surface area contributed by atoms with Crippen molar-refractivity contribution in [1.29, 1.82) is 0 Å².